The first-order valence-electron chi connectivity index (χ1n) is 7.19. The highest BCUT2D eigenvalue weighted by Crippen LogP contribution is 2.32. The van der Waals surface area contributed by atoms with Gasteiger partial charge in [-0.15, -0.1) is 0 Å². The first kappa shape index (κ1) is 15.9. The lowest BCUT2D eigenvalue weighted by Crippen LogP contribution is -2.50. The Morgan fingerprint density at radius 1 is 1.50 bits per heavy atom. The van der Waals surface area contributed by atoms with Crippen molar-refractivity contribution in [1.29, 1.82) is 0 Å². The molecule has 0 bridgehead atoms. The second kappa shape index (κ2) is 7.43. The lowest BCUT2D eigenvalue weighted by Gasteiger charge is -2.32. The molecule has 108 valence electrons. The van der Waals surface area contributed by atoms with E-state index in [1.54, 1.807) is 0 Å². The van der Waals surface area contributed by atoms with Crippen molar-refractivity contribution in [3.8, 4) is 0 Å². The maximum Gasteiger partial charge on any atom is 0.0614 e. The monoisotopic (exact) mass is 258 g/mol. The maximum atomic E-state index is 9.67. The van der Waals surface area contributed by atoms with Crippen molar-refractivity contribution in [3.05, 3.63) is 0 Å². The highest BCUT2D eigenvalue weighted by molar-refractivity contribution is 4.99. The van der Waals surface area contributed by atoms with Crippen LogP contribution in [-0.2, 0) is 4.74 Å². The molecule has 18 heavy (non-hydrogen) atoms. The van der Waals surface area contributed by atoms with Gasteiger partial charge in [-0.2, -0.15) is 0 Å². The van der Waals surface area contributed by atoms with Crippen molar-refractivity contribution >= 4 is 0 Å². The van der Waals surface area contributed by atoms with Crippen LogP contribution in [0.2, 0.25) is 0 Å². The number of rotatable bonds is 8. The summed E-state index contributed by atoms with van der Waals surface area (Å²) in [7, 11) is 2.16. The smallest absolute Gasteiger partial charge is 0.0614 e. The molecule has 4 heteroatoms. The molecule has 4 nitrogen and oxygen atoms in total. The van der Waals surface area contributed by atoms with Gasteiger partial charge in [0.1, 0.15) is 0 Å². The van der Waals surface area contributed by atoms with Crippen LogP contribution in [0.15, 0.2) is 0 Å². The summed E-state index contributed by atoms with van der Waals surface area (Å²) in [6, 6.07) is 0.980. The normalized spacial score (nSPS) is 28.5. The first-order chi connectivity index (χ1) is 8.53. The van der Waals surface area contributed by atoms with Crippen LogP contribution in [0.5, 0.6) is 0 Å². The molecule has 2 N–H and O–H groups in total. The summed E-state index contributed by atoms with van der Waals surface area (Å²) in [5.74, 6) is 0. The zero-order valence-corrected chi connectivity index (χ0v) is 12.4. The molecule has 0 saturated heterocycles. The molecule has 2 unspecified atom stereocenters. The van der Waals surface area contributed by atoms with Gasteiger partial charge < -0.3 is 20.1 Å². The Morgan fingerprint density at radius 3 is 2.78 bits per heavy atom. The van der Waals surface area contributed by atoms with Gasteiger partial charge in [-0.1, -0.05) is 13.8 Å². The molecule has 0 spiro atoms. The highest BCUT2D eigenvalue weighted by Gasteiger charge is 2.40. The predicted octanol–water partition coefficient (Wildman–Crippen LogP) is 1.24. The SMILES string of the molecule is CCOCCN(C)C1CCC(CO)(NC(C)C)C1. The maximum absolute atomic E-state index is 9.67. The quantitative estimate of drug-likeness (QED) is 0.643. The fraction of sp³-hybridized carbons (Fsp3) is 1.00. The molecule has 0 aromatic carbocycles. The van der Waals surface area contributed by atoms with Gasteiger partial charge in [-0.3, -0.25) is 0 Å². The average molecular weight is 258 g/mol. The lowest BCUT2D eigenvalue weighted by molar-refractivity contribution is 0.101. The van der Waals surface area contributed by atoms with Gasteiger partial charge in [0.25, 0.3) is 0 Å². The molecule has 0 radical (unpaired) electrons. The first-order valence-corrected chi connectivity index (χ1v) is 7.19. The van der Waals surface area contributed by atoms with Crippen LogP contribution in [0.3, 0.4) is 0 Å². The van der Waals surface area contributed by atoms with E-state index in [0.29, 0.717) is 12.1 Å². The second-order valence-electron chi connectivity index (χ2n) is 5.81. The van der Waals surface area contributed by atoms with Crippen LogP contribution in [0.25, 0.3) is 0 Å². The number of nitrogens with one attached hydrogen (secondary N) is 1. The highest BCUT2D eigenvalue weighted by atomic mass is 16.5. The fourth-order valence-electron chi connectivity index (χ4n) is 2.94. The molecule has 2 atom stereocenters. The number of likely N-dealkylation sites (N-methyl/N-ethyl adjacent to an activating group) is 1. The number of aliphatic hydroxyl groups excluding tert-OH is 1. The minimum atomic E-state index is -0.0707. The summed E-state index contributed by atoms with van der Waals surface area (Å²) >= 11 is 0. The number of aliphatic hydroxyl groups is 1. The van der Waals surface area contributed by atoms with E-state index in [4.69, 9.17) is 4.74 Å². The Hall–Kier alpha value is -0.160. The van der Waals surface area contributed by atoms with E-state index < -0.39 is 0 Å². The second-order valence-corrected chi connectivity index (χ2v) is 5.81. The summed E-state index contributed by atoms with van der Waals surface area (Å²) in [4.78, 5) is 2.37. The van der Waals surface area contributed by atoms with E-state index >= 15 is 0 Å². The zero-order chi connectivity index (χ0) is 13.6. The summed E-state index contributed by atoms with van der Waals surface area (Å²) in [6.45, 7) is 9.11. The summed E-state index contributed by atoms with van der Waals surface area (Å²) in [6.07, 6.45) is 3.25. The van der Waals surface area contributed by atoms with E-state index in [1.165, 1.54) is 0 Å². The van der Waals surface area contributed by atoms with Crippen molar-refractivity contribution in [2.75, 3.05) is 33.4 Å². The fourth-order valence-corrected chi connectivity index (χ4v) is 2.94. The molecular weight excluding hydrogens is 228 g/mol. The van der Waals surface area contributed by atoms with E-state index in [-0.39, 0.29) is 12.1 Å². The number of hydrogen-bond acceptors (Lipinski definition) is 4. The van der Waals surface area contributed by atoms with Crippen LogP contribution in [0.1, 0.15) is 40.0 Å². The molecule has 0 aliphatic heterocycles. The van der Waals surface area contributed by atoms with E-state index in [2.05, 4.69) is 31.1 Å². The van der Waals surface area contributed by atoms with Crippen molar-refractivity contribution in [2.24, 2.45) is 0 Å². The molecule has 1 saturated carbocycles. The Morgan fingerprint density at radius 2 is 2.22 bits per heavy atom. The van der Waals surface area contributed by atoms with Crippen molar-refractivity contribution in [3.63, 3.8) is 0 Å². The number of nitrogens with zero attached hydrogens (tertiary/aromatic N) is 1. The van der Waals surface area contributed by atoms with Gasteiger partial charge in [0.15, 0.2) is 0 Å². The van der Waals surface area contributed by atoms with Crippen LogP contribution in [-0.4, -0.2) is 61.0 Å². The van der Waals surface area contributed by atoms with Gasteiger partial charge in [0.2, 0.25) is 0 Å². The van der Waals surface area contributed by atoms with Gasteiger partial charge in [-0.05, 0) is 33.2 Å². The van der Waals surface area contributed by atoms with E-state index in [9.17, 15) is 5.11 Å². The van der Waals surface area contributed by atoms with E-state index in [1.807, 2.05) is 6.92 Å². The number of ether oxygens (including phenoxy) is 1. The molecule has 0 aromatic rings. The third-order valence-electron chi connectivity index (χ3n) is 3.90. The van der Waals surface area contributed by atoms with Crippen LogP contribution >= 0.6 is 0 Å². The van der Waals surface area contributed by atoms with Crippen LogP contribution in [0.4, 0.5) is 0 Å². The van der Waals surface area contributed by atoms with Gasteiger partial charge >= 0.3 is 0 Å². The Labute approximate surface area is 112 Å². The molecule has 1 fully saturated rings. The van der Waals surface area contributed by atoms with Crippen molar-refractivity contribution < 1.29 is 9.84 Å². The number of hydrogen-bond donors (Lipinski definition) is 2. The van der Waals surface area contributed by atoms with Crippen molar-refractivity contribution in [1.82, 2.24) is 10.2 Å². The molecule has 0 aromatic heterocycles. The Kier molecular flexibility index (Phi) is 6.57. The minimum Gasteiger partial charge on any atom is -0.394 e. The average Bonchev–Trinajstić information content (AvgIpc) is 2.73. The van der Waals surface area contributed by atoms with Gasteiger partial charge in [0.05, 0.1) is 13.2 Å². The summed E-state index contributed by atoms with van der Waals surface area (Å²) < 4.78 is 5.40. The molecular formula is C14H30N2O2. The van der Waals surface area contributed by atoms with Crippen LogP contribution in [0, 0.1) is 0 Å². The van der Waals surface area contributed by atoms with Crippen LogP contribution < -0.4 is 5.32 Å². The molecule has 0 heterocycles. The summed E-state index contributed by atoms with van der Waals surface area (Å²) in [5.41, 5.74) is -0.0707. The predicted molar refractivity (Wildman–Crippen MR) is 74.9 cm³/mol. The standard InChI is InChI=1S/C14H30N2O2/c1-5-18-9-8-16(4)13-6-7-14(10-13,11-17)15-12(2)3/h12-13,15,17H,5-11H2,1-4H3. The Bertz CT molecular complexity index is 236. The molecule has 1 aliphatic rings. The third-order valence-corrected chi connectivity index (χ3v) is 3.90. The third kappa shape index (κ3) is 4.50. The van der Waals surface area contributed by atoms with E-state index in [0.717, 1.165) is 39.0 Å². The van der Waals surface area contributed by atoms with Crippen molar-refractivity contribution in [2.45, 2.75) is 57.7 Å². The summed E-state index contributed by atoms with van der Waals surface area (Å²) in [5, 5.41) is 13.2. The van der Waals surface area contributed by atoms with Gasteiger partial charge in [0, 0.05) is 30.8 Å². The zero-order valence-electron chi connectivity index (χ0n) is 12.4. The lowest BCUT2D eigenvalue weighted by atomic mass is 9.97. The molecule has 0 amide bonds. The minimum absolute atomic E-state index is 0.0707. The largest absolute Gasteiger partial charge is 0.394 e. The van der Waals surface area contributed by atoms with Gasteiger partial charge in [-0.25, -0.2) is 0 Å². The Balaban J connectivity index is 2.42. The topological polar surface area (TPSA) is 44.7 Å². The molecule has 1 aliphatic carbocycles. The molecule has 1 rings (SSSR count).